The lowest BCUT2D eigenvalue weighted by Gasteiger charge is -2.20. The Morgan fingerprint density at radius 2 is 1.90 bits per heavy atom. The standard InChI is InChI=1S/C13H21N5O2/c1-3-5-11-14-12(16-15-11)13(20)18-7-4-6-17(8-9-18)10(2)19/h3-9H2,1-2H3,(H,14,15,16). The highest BCUT2D eigenvalue weighted by molar-refractivity contribution is 5.90. The molecule has 7 nitrogen and oxygen atoms in total. The molecule has 1 fully saturated rings. The number of nitrogens with one attached hydrogen (secondary N) is 1. The van der Waals surface area contributed by atoms with Crippen LogP contribution in [0.1, 0.15) is 43.1 Å². The number of H-pyrrole nitrogens is 1. The van der Waals surface area contributed by atoms with E-state index < -0.39 is 0 Å². The molecule has 2 amide bonds. The molecule has 0 unspecified atom stereocenters. The molecule has 2 heterocycles. The molecule has 20 heavy (non-hydrogen) atoms. The summed E-state index contributed by atoms with van der Waals surface area (Å²) in [4.78, 5) is 31.4. The molecule has 1 saturated heterocycles. The Labute approximate surface area is 118 Å². The number of aromatic nitrogens is 3. The van der Waals surface area contributed by atoms with Gasteiger partial charge in [0.1, 0.15) is 5.82 Å². The highest BCUT2D eigenvalue weighted by Crippen LogP contribution is 2.07. The number of carbonyl (C=O) groups is 2. The van der Waals surface area contributed by atoms with Crippen molar-refractivity contribution in [3.63, 3.8) is 0 Å². The predicted molar refractivity (Wildman–Crippen MR) is 73.2 cm³/mol. The van der Waals surface area contributed by atoms with Crippen LogP contribution >= 0.6 is 0 Å². The van der Waals surface area contributed by atoms with E-state index >= 15 is 0 Å². The summed E-state index contributed by atoms with van der Waals surface area (Å²) in [6.07, 6.45) is 2.54. The molecule has 110 valence electrons. The van der Waals surface area contributed by atoms with Gasteiger partial charge in [0, 0.05) is 39.5 Å². The van der Waals surface area contributed by atoms with Crippen LogP contribution in [0.25, 0.3) is 0 Å². The normalized spacial score (nSPS) is 16.1. The minimum atomic E-state index is -0.158. The lowest BCUT2D eigenvalue weighted by molar-refractivity contribution is -0.128. The van der Waals surface area contributed by atoms with E-state index in [4.69, 9.17) is 0 Å². The number of aryl methyl sites for hydroxylation is 1. The molecule has 1 aliphatic rings. The number of hydrogen-bond donors (Lipinski definition) is 1. The fourth-order valence-corrected chi connectivity index (χ4v) is 2.32. The molecule has 1 aliphatic heterocycles. The van der Waals surface area contributed by atoms with Gasteiger partial charge in [-0.1, -0.05) is 6.92 Å². The maximum atomic E-state index is 12.3. The lowest BCUT2D eigenvalue weighted by Crippen LogP contribution is -2.37. The quantitative estimate of drug-likeness (QED) is 0.871. The molecule has 0 aromatic carbocycles. The van der Waals surface area contributed by atoms with Crippen molar-refractivity contribution in [3.8, 4) is 0 Å². The summed E-state index contributed by atoms with van der Waals surface area (Å²) in [7, 11) is 0. The summed E-state index contributed by atoms with van der Waals surface area (Å²) in [5.74, 6) is 0.872. The van der Waals surface area contributed by atoms with Crippen LogP contribution < -0.4 is 0 Å². The average Bonchev–Trinajstić information content (AvgIpc) is 2.74. The number of nitrogens with zero attached hydrogens (tertiary/aromatic N) is 4. The Balaban J connectivity index is 1.99. The largest absolute Gasteiger partial charge is 0.341 e. The average molecular weight is 279 g/mol. The van der Waals surface area contributed by atoms with Gasteiger partial charge >= 0.3 is 0 Å². The topological polar surface area (TPSA) is 82.2 Å². The second-order valence-corrected chi connectivity index (χ2v) is 5.01. The fraction of sp³-hybridized carbons (Fsp3) is 0.692. The summed E-state index contributed by atoms with van der Waals surface area (Å²) in [5, 5.41) is 6.78. The minimum absolute atomic E-state index is 0.0578. The number of rotatable bonds is 3. The van der Waals surface area contributed by atoms with Gasteiger partial charge < -0.3 is 9.80 Å². The molecule has 1 aromatic rings. The van der Waals surface area contributed by atoms with Crippen molar-refractivity contribution in [3.05, 3.63) is 11.6 Å². The summed E-state index contributed by atoms with van der Waals surface area (Å²) < 4.78 is 0. The second-order valence-electron chi connectivity index (χ2n) is 5.01. The first-order valence-corrected chi connectivity index (χ1v) is 7.08. The van der Waals surface area contributed by atoms with Crippen molar-refractivity contribution < 1.29 is 9.59 Å². The van der Waals surface area contributed by atoms with E-state index in [0.717, 1.165) is 25.1 Å². The monoisotopic (exact) mass is 279 g/mol. The van der Waals surface area contributed by atoms with E-state index in [1.165, 1.54) is 0 Å². The van der Waals surface area contributed by atoms with E-state index in [0.29, 0.717) is 26.2 Å². The van der Waals surface area contributed by atoms with Crippen molar-refractivity contribution in [1.29, 1.82) is 0 Å². The first-order valence-electron chi connectivity index (χ1n) is 7.08. The third kappa shape index (κ3) is 3.34. The molecule has 0 aliphatic carbocycles. The molecular formula is C13H21N5O2. The Bertz CT molecular complexity index is 485. The highest BCUT2D eigenvalue weighted by Gasteiger charge is 2.23. The van der Waals surface area contributed by atoms with Gasteiger partial charge in [-0.05, 0) is 12.8 Å². The number of amides is 2. The van der Waals surface area contributed by atoms with Gasteiger partial charge in [0.15, 0.2) is 0 Å². The predicted octanol–water partition coefficient (Wildman–Crippen LogP) is 0.452. The van der Waals surface area contributed by atoms with Crippen molar-refractivity contribution in [1.82, 2.24) is 25.0 Å². The highest BCUT2D eigenvalue weighted by atomic mass is 16.2. The zero-order chi connectivity index (χ0) is 14.5. The number of hydrogen-bond acceptors (Lipinski definition) is 4. The Morgan fingerprint density at radius 3 is 2.60 bits per heavy atom. The van der Waals surface area contributed by atoms with Crippen LogP contribution in [0.2, 0.25) is 0 Å². The first-order chi connectivity index (χ1) is 9.61. The molecule has 2 rings (SSSR count). The van der Waals surface area contributed by atoms with Gasteiger partial charge in [-0.3, -0.25) is 14.7 Å². The van der Waals surface area contributed by atoms with E-state index in [1.807, 2.05) is 0 Å². The van der Waals surface area contributed by atoms with Crippen LogP contribution in [-0.2, 0) is 11.2 Å². The zero-order valence-electron chi connectivity index (χ0n) is 12.1. The summed E-state index contributed by atoms with van der Waals surface area (Å²) in [6, 6.07) is 0. The van der Waals surface area contributed by atoms with Crippen LogP contribution in [0.5, 0.6) is 0 Å². The molecule has 0 bridgehead atoms. The molecule has 1 aromatic heterocycles. The van der Waals surface area contributed by atoms with E-state index in [2.05, 4.69) is 22.1 Å². The maximum absolute atomic E-state index is 12.3. The third-order valence-corrected chi connectivity index (χ3v) is 3.44. The van der Waals surface area contributed by atoms with E-state index in [9.17, 15) is 9.59 Å². The smallest absolute Gasteiger partial charge is 0.293 e. The summed E-state index contributed by atoms with van der Waals surface area (Å²) >= 11 is 0. The van der Waals surface area contributed by atoms with Crippen molar-refractivity contribution in [2.24, 2.45) is 0 Å². The van der Waals surface area contributed by atoms with Crippen LogP contribution in [0.15, 0.2) is 0 Å². The zero-order valence-corrected chi connectivity index (χ0v) is 12.1. The number of aromatic amines is 1. The molecular weight excluding hydrogens is 258 g/mol. The van der Waals surface area contributed by atoms with Crippen molar-refractivity contribution >= 4 is 11.8 Å². The summed E-state index contributed by atoms with van der Waals surface area (Å²) in [6.45, 7) is 6.07. The first kappa shape index (κ1) is 14.5. The Morgan fingerprint density at radius 1 is 1.20 bits per heavy atom. The Hall–Kier alpha value is -1.92. The van der Waals surface area contributed by atoms with Crippen LogP contribution in [0.3, 0.4) is 0 Å². The maximum Gasteiger partial charge on any atom is 0.293 e. The molecule has 0 saturated carbocycles. The molecule has 0 spiro atoms. The molecule has 7 heteroatoms. The minimum Gasteiger partial charge on any atom is -0.341 e. The van der Waals surface area contributed by atoms with Gasteiger partial charge in [0.2, 0.25) is 11.7 Å². The lowest BCUT2D eigenvalue weighted by atomic mass is 10.3. The van der Waals surface area contributed by atoms with Gasteiger partial charge in [0.05, 0.1) is 0 Å². The molecule has 1 N–H and O–H groups in total. The summed E-state index contributed by atoms with van der Waals surface area (Å²) in [5.41, 5.74) is 0. The van der Waals surface area contributed by atoms with Crippen LogP contribution in [0, 0.1) is 0 Å². The van der Waals surface area contributed by atoms with Crippen molar-refractivity contribution in [2.45, 2.75) is 33.1 Å². The van der Waals surface area contributed by atoms with Crippen LogP contribution in [-0.4, -0.2) is 63.0 Å². The SMILES string of the molecule is CCCc1nc(C(=O)N2CCCN(C(C)=O)CC2)n[nH]1. The van der Waals surface area contributed by atoms with E-state index in [1.54, 1.807) is 16.7 Å². The van der Waals surface area contributed by atoms with Crippen LogP contribution in [0.4, 0.5) is 0 Å². The number of carbonyl (C=O) groups excluding carboxylic acids is 2. The van der Waals surface area contributed by atoms with Gasteiger partial charge in [-0.15, -0.1) is 5.10 Å². The fourth-order valence-electron chi connectivity index (χ4n) is 2.32. The van der Waals surface area contributed by atoms with Gasteiger partial charge in [0.25, 0.3) is 5.91 Å². The van der Waals surface area contributed by atoms with Gasteiger partial charge in [-0.25, -0.2) is 4.98 Å². The molecule has 0 atom stereocenters. The second kappa shape index (κ2) is 6.49. The Kier molecular flexibility index (Phi) is 4.70. The van der Waals surface area contributed by atoms with Crippen molar-refractivity contribution in [2.75, 3.05) is 26.2 Å². The van der Waals surface area contributed by atoms with E-state index in [-0.39, 0.29) is 17.6 Å². The third-order valence-electron chi connectivity index (χ3n) is 3.44. The molecule has 0 radical (unpaired) electrons. The van der Waals surface area contributed by atoms with Gasteiger partial charge in [-0.2, -0.15) is 0 Å².